The third kappa shape index (κ3) is 4.08. The van der Waals surface area contributed by atoms with Gasteiger partial charge >= 0.3 is 0 Å². The number of amides is 2. The number of nitrogens with one attached hydrogen (secondary N) is 1. The van der Waals surface area contributed by atoms with Crippen molar-refractivity contribution in [1.29, 1.82) is 0 Å². The largest absolute Gasteiger partial charge is 0.489 e. The molecule has 0 atom stereocenters. The Morgan fingerprint density at radius 1 is 1.03 bits per heavy atom. The maximum Gasteiger partial charge on any atom is 0.290 e. The van der Waals surface area contributed by atoms with Gasteiger partial charge in [-0.15, -0.1) is 0 Å². The van der Waals surface area contributed by atoms with E-state index in [9.17, 15) is 9.59 Å². The van der Waals surface area contributed by atoms with Crippen LogP contribution in [-0.4, -0.2) is 16.1 Å². The molecule has 0 radical (unpaired) electrons. The summed E-state index contributed by atoms with van der Waals surface area (Å²) >= 11 is 0.854. The van der Waals surface area contributed by atoms with Crippen LogP contribution in [0.5, 0.6) is 5.75 Å². The molecule has 1 aliphatic rings. The van der Waals surface area contributed by atoms with E-state index in [1.807, 2.05) is 54.6 Å². The Balaban J connectivity index is 1.45. The second-order valence-electron chi connectivity index (χ2n) is 6.91. The van der Waals surface area contributed by atoms with Crippen LogP contribution in [0.25, 0.3) is 28.2 Å². The monoisotopic (exact) mass is 428 g/mol. The smallest absolute Gasteiger partial charge is 0.290 e. The van der Waals surface area contributed by atoms with E-state index in [1.165, 1.54) is 0 Å². The van der Waals surface area contributed by atoms with Crippen molar-refractivity contribution < 1.29 is 18.7 Å². The van der Waals surface area contributed by atoms with Gasteiger partial charge in [0.05, 0.1) is 4.91 Å². The minimum atomic E-state index is -0.419. The average Bonchev–Trinajstić information content (AvgIpc) is 3.34. The van der Waals surface area contributed by atoms with Crippen molar-refractivity contribution in [2.75, 3.05) is 0 Å². The van der Waals surface area contributed by atoms with Gasteiger partial charge in [0.25, 0.3) is 11.1 Å². The zero-order chi connectivity index (χ0) is 21.2. The molecular weight excluding hydrogens is 412 g/mol. The summed E-state index contributed by atoms with van der Waals surface area (Å²) in [5, 5.41) is 2.65. The number of ether oxygens (including phenoxy) is 1. The van der Waals surface area contributed by atoms with Crippen LogP contribution in [0.4, 0.5) is 4.79 Å². The molecule has 0 bridgehead atoms. The number of rotatable bonds is 5. The van der Waals surface area contributed by atoms with E-state index >= 15 is 0 Å². The van der Waals surface area contributed by atoms with Gasteiger partial charge in [0.2, 0.25) is 0 Å². The summed E-state index contributed by atoms with van der Waals surface area (Å²) < 4.78 is 11.9. The third-order valence-corrected chi connectivity index (χ3v) is 5.56. The summed E-state index contributed by atoms with van der Waals surface area (Å²) in [6.45, 7) is 0.476. The van der Waals surface area contributed by atoms with E-state index in [2.05, 4.69) is 10.3 Å². The summed E-state index contributed by atoms with van der Waals surface area (Å²) in [5.74, 6) is 0.801. The van der Waals surface area contributed by atoms with E-state index in [0.717, 1.165) is 39.6 Å². The van der Waals surface area contributed by atoms with Gasteiger partial charge in [0.1, 0.15) is 23.7 Å². The summed E-state index contributed by atoms with van der Waals surface area (Å²) in [6.07, 6.45) is 5.00. The predicted molar refractivity (Wildman–Crippen MR) is 119 cm³/mol. The molecule has 1 fully saturated rings. The number of carbonyl (C=O) groups excluding carboxylic acids is 2. The number of pyridine rings is 1. The van der Waals surface area contributed by atoms with Crippen molar-refractivity contribution in [3.63, 3.8) is 0 Å². The second kappa shape index (κ2) is 8.12. The first-order chi connectivity index (χ1) is 15.2. The fraction of sp³-hybridized carbons (Fsp3) is 0.0417. The number of nitrogens with zero attached hydrogens (tertiary/aromatic N) is 1. The molecule has 2 aromatic heterocycles. The molecule has 4 aromatic rings. The molecule has 0 aliphatic carbocycles. The normalized spacial score (nSPS) is 14.9. The molecule has 2 aromatic carbocycles. The van der Waals surface area contributed by atoms with E-state index in [4.69, 9.17) is 9.15 Å². The Morgan fingerprint density at radius 2 is 1.90 bits per heavy atom. The molecule has 5 rings (SSSR count). The highest BCUT2D eigenvalue weighted by atomic mass is 32.2. The first-order valence-corrected chi connectivity index (χ1v) is 10.4. The number of fused-ring (bicyclic) bond motifs is 1. The summed E-state index contributed by atoms with van der Waals surface area (Å²) in [7, 11) is 0. The minimum absolute atomic E-state index is 0.301. The molecule has 7 heteroatoms. The van der Waals surface area contributed by atoms with Crippen molar-refractivity contribution in [2.24, 2.45) is 0 Å². The van der Waals surface area contributed by atoms with E-state index in [-0.39, 0.29) is 5.24 Å². The van der Waals surface area contributed by atoms with Crippen LogP contribution in [-0.2, 0) is 11.4 Å². The Morgan fingerprint density at radius 3 is 2.71 bits per heavy atom. The maximum atomic E-state index is 11.8. The van der Waals surface area contributed by atoms with Gasteiger partial charge in [-0.25, -0.2) is 0 Å². The lowest BCUT2D eigenvalue weighted by atomic mass is 10.1. The van der Waals surface area contributed by atoms with Gasteiger partial charge in [0.15, 0.2) is 0 Å². The van der Waals surface area contributed by atoms with Crippen LogP contribution < -0.4 is 10.1 Å². The zero-order valence-corrected chi connectivity index (χ0v) is 17.0. The standard InChI is InChI=1S/C24H16N2O4S/c27-23-21(31-24(28)26-23)11-19-10-17-12-25-13-20(22(17)30-19)16-7-4-8-18(9-16)29-14-15-5-2-1-3-6-15/h1-13H,14H2,(H,26,27,28)/b21-11-. The average molecular weight is 428 g/mol. The first kappa shape index (κ1) is 19.1. The fourth-order valence-corrected chi connectivity index (χ4v) is 3.97. The van der Waals surface area contributed by atoms with Crippen LogP contribution in [0.15, 0.2) is 82.4 Å². The molecule has 152 valence electrons. The van der Waals surface area contributed by atoms with Crippen molar-refractivity contribution in [1.82, 2.24) is 10.3 Å². The number of carbonyl (C=O) groups is 2. The minimum Gasteiger partial charge on any atom is -0.489 e. The van der Waals surface area contributed by atoms with Crippen LogP contribution in [0.2, 0.25) is 0 Å². The zero-order valence-electron chi connectivity index (χ0n) is 16.2. The first-order valence-electron chi connectivity index (χ1n) is 9.55. The van der Waals surface area contributed by atoms with Crippen LogP contribution in [0.3, 0.4) is 0 Å². The van der Waals surface area contributed by atoms with Gasteiger partial charge in [-0.05, 0) is 41.1 Å². The van der Waals surface area contributed by atoms with Crippen LogP contribution in [0, 0.1) is 0 Å². The number of thioether (sulfide) groups is 1. The van der Waals surface area contributed by atoms with Gasteiger partial charge < -0.3 is 9.15 Å². The predicted octanol–water partition coefficient (Wildman–Crippen LogP) is 5.40. The van der Waals surface area contributed by atoms with Gasteiger partial charge in [-0.3, -0.25) is 19.9 Å². The molecule has 6 nitrogen and oxygen atoms in total. The van der Waals surface area contributed by atoms with Gasteiger partial charge in [-0.2, -0.15) is 0 Å². The quantitative estimate of drug-likeness (QED) is 0.429. The lowest BCUT2D eigenvalue weighted by Crippen LogP contribution is -2.17. The Hall–Kier alpha value is -3.84. The lowest BCUT2D eigenvalue weighted by Gasteiger charge is -2.08. The maximum absolute atomic E-state index is 11.8. The van der Waals surface area contributed by atoms with Crippen LogP contribution in [0.1, 0.15) is 11.3 Å². The highest BCUT2D eigenvalue weighted by Crippen LogP contribution is 2.34. The lowest BCUT2D eigenvalue weighted by molar-refractivity contribution is -0.115. The fourth-order valence-electron chi connectivity index (χ4n) is 3.30. The number of benzene rings is 2. The number of furan rings is 1. The number of hydrogen-bond donors (Lipinski definition) is 1. The summed E-state index contributed by atoms with van der Waals surface area (Å²) in [6, 6.07) is 19.5. The van der Waals surface area contributed by atoms with Crippen molar-refractivity contribution in [2.45, 2.75) is 6.61 Å². The van der Waals surface area contributed by atoms with Crippen molar-refractivity contribution in [3.05, 3.63) is 89.3 Å². The molecule has 2 amide bonds. The molecule has 1 saturated heterocycles. The summed E-state index contributed by atoms with van der Waals surface area (Å²) in [4.78, 5) is 27.8. The van der Waals surface area contributed by atoms with Crippen molar-refractivity contribution in [3.8, 4) is 16.9 Å². The number of imide groups is 1. The van der Waals surface area contributed by atoms with Crippen LogP contribution >= 0.6 is 11.8 Å². The molecule has 31 heavy (non-hydrogen) atoms. The number of aromatic nitrogens is 1. The molecule has 1 N–H and O–H groups in total. The molecule has 0 spiro atoms. The third-order valence-electron chi connectivity index (χ3n) is 4.75. The number of hydrogen-bond acceptors (Lipinski definition) is 6. The molecule has 0 saturated carbocycles. The summed E-state index contributed by atoms with van der Waals surface area (Å²) in [5.41, 5.74) is 3.46. The Labute approximate surface area is 181 Å². The molecule has 1 aliphatic heterocycles. The Kier molecular flexibility index (Phi) is 5.01. The molecule has 3 heterocycles. The van der Waals surface area contributed by atoms with Gasteiger partial charge in [0, 0.05) is 29.4 Å². The van der Waals surface area contributed by atoms with E-state index in [0.29, 0.717) is 22.9 Å². The topological polar surface area (TPSA) is 81.4 Å². The van der Waals surface area contributed by atoms with Crippen molar-refractivity contribution >= 4 is 40.0 Å². The van der Waals surface area contributed by atoms with E-state index < -0.39 is 5.91 Å². The van der Waals surface area contributed by atoms with E-state index in [1.54, 1.807) is 24.5 Å². The SMILES string of the molecule is O=C1NC(=O)/C(=C/c2cc3cncc(-c4cccc(OCc5ccccc5)c4)c3o2)S1. The molecule has 0 unspecified atom stereocenters. The molecular formula is C24H16N2O4S. The highest BCUT2D eigenvalue weighted by Gasteiger charge is 2.25. The van der Waals surface area contributed by atoms with Gasteiger partial charge in [-0.1, -0.05) is 42.5 Å². The second-order valence-corrected chi connectivity index (χ2v) is 7.92. The highest BCUT2D eigenvalue weighted by molar-refractivity contribution is 8.18. The Bertz CT molecular complexity index is 1330.